The molecule has 1 rings (SSSR count). The number of terminal acetylenes is 1. The highest BCUT2D eigenvalue weighted by atomic mass is 28.1. The number of hydrogen-bond donors (Lipinski definition) is 0. The topological polar surface area (TPSA) is 0 Å². The highest BCUT2D eigenvalue weighted by molar-refractivity contribution is 6.36. The van der Waals surface area contributed by atoms with Crippen LogP contribution in [0.2, 0.25) is 0 Å². The average molecular weight is 162 g/mol. The molecule has 0 atom stereocenters. The van der Waals surface area contributed by atoms with E-state index in [4.69, 9.17) is 6.42 Å². The van der Waals surface area contributed by atoms with Crippen molar-refractivity contribution >= 4 is 30.9 Å². The second kappa shape index (κ2) is 2.87. The van der Waals surface area contributed by atoms with E-state index in [0.29, 0.717) is 0 Å². The van der Waals surface area contributed by atoms with Crippen molar-refractivity contribution in [1.29, 1.82) is 0 Å². The Morgan fingerprint density at radius 3 is 2.50 bits per heavy atom. The van der Waals surface area contributed by atoms with E-state index in [1.165, 1.54) is 10.4 Å². The zero-order valence-electron chi connectivity index (χ0n) is 6.31. The largest absolute Gasteiger partial charge is 0.115 e. The molecule has 0 spiro atoms. The van der Waals surface area contributed by atoms with E-state index >= 15 is 0 Å². The Morgan fingerprint density at radius 1 is 1.30 bits per heavy atom. The molecule has 0 aliphatic heterocycles. The lowest BCUT2D eigenvalue weighted by atomic mass is 10.2. The summed E-state index contributed by atoms with van der Waals surface area (Å²) in [5.74, 6) is 2.69. The molecule has 10 heavy (non-hydrogen) atoms. The normalized spacial score (nSPS) is 9.50. The Hall–Kier alpha value is -0.786. The first-order valence-electron chi connectivity index (χ1n) is 3.28. The van der Waals surface area contributed by atoms with Crippen molar-refractivity contribution in [3.05, 3.63) is 23.8 Å². The molecule has 0 unspecified atom stereocenters. The molecule has 0 radical (unpaired) electrons. The molecule has 0 bridgehead atoms. The summed E-state index contributed by atoms with van der Waals surface area (Å²) in [4.78, 5) is 0. The minimum atomic E-state index is 1.06. The fourth-order valence-electron chi connectivity index (χ4n) is 0.891. The van der Waals surface area contributed by atoms with Gasteiger partial charge in [0.15, 0.2) is 0 Å². The lowest BCUT2D eigenvalue weighted by Gasteiger charge is -1.97. The molecular formula is C8H10Si2. The molecule has 0 saturated heterocycles. The minimum Gasteiger partial charge on any atom is -0.115 e. The second-order valence-electron chi connectivity index (χ2n) is 2.46. The lowest BCUT2D eigenvalue weighted by molar-refractivity contribution is 1.77. The van der Waals surface area contributed by atoms with Crippen LogP contribution in [-0.4, -0.2) is 20.5 Å². The predicted molar refractivity (Wildman–Crippen MR) is 53.5 cm³/mol. The smallest absolute Gasteiger partial charge is 0.0401 e. The number of hydrogen-bond acceptors (Lipinski definition) is 0. The third-order valence-electron chi connectivity index (χ3n) is 1.55. The molecule has 0 N–H and O–H groups in total. The molecule has 0 nitrogen and oxygen atoms in total. The van der Waals surface area contributed by atoms with Crippen LogP contribution >= 0.6 is 0 Å². The van der Waals surface area contributed by atoms with Crippen molar-refractivity contribution in [2.45, 2.75) is 0 Å². The fourth-order valence-corrected chi connectivity index (χ4v) is 1.80. The maximum absolute atomic E-state index is 5.31. The molecule has 0 aliphatic rings. The van der Waals surface area contributed by atoms with Crippen LogP contribution in [0, 0.1) is 12.3 Å². The van der Waals surface area contributed by atoms with Crippen LogP contribution in [0.1, 0.15) is 5.56 Å². The van der Waals surface area contributed by atoms with Crippen molar-refractivity contribution < 1.29 is 0 Å². The highest BCUT2D eigenvalue weighted by Gasteiger charge is 1.91. The highest BCUT2D eigenvalue weighted by Crippen LogP contribution is 1.86. The van der Waals surface area contributed by atoms with Gasteiger partial charge in [0.1, 0.15) is 0 Å². The summed E-state index contributed by atoms with van der Waals surface area (Å²) in [5, 5.41) is 2.72. The third-order valence-corrected chi connectivity index (χ3v) is 3.04. The third kappa shape index (κ3) is 1.38. The van der Waals surface area contributed by atoms with Crippen molar-refractivity contribution in [3.63, 3.8) is 0 Å². The van der Waals surface area contributed by atoms with Crippen molar-refractivity contribution in [3.8, 4) is 12.3 Å². The van der Waals surface area contributed by atoms with Gasteiger partial charge < -0.3 is 0 Å². The maximum atomic E-state index is 5.31. The summed E-state index contributed by atoms with van der Waals surface area (Å²) in [6.45, 7) is 0. The van der Waals surface area contributed by atoms with E-state index in [1.807, 2.05) is 0 Å². The monoisotopic (exact) mass is 162 g/mol. The molecule has 0 amide bonds. The van der Waals surface area contributed by atoms with Gasteiger partial charge in [0.2, 0.25) is 0 Å². The van der Waals surface area contributed by atoms with E-state index < -0.39 is 0 Å². The van der Waals surface area contributed by atoms with Gasteiger partial charge in [0, 0.05) is 26.0 Å². The van der Waals surface area contributed by atoms with E-state index in [0.717, 1.165) is 26.0 Å². The fraction of sp³-hybridized carbons (Fsp3) is 0. The molecule has 0 saturated carbocycles. The molecule has 1 aromatic carbocycles. The van der Waals surface area contributed by atoms with Gasteiger partial charge in [-0.3, -0.25) is 0 Å². The summed E-state index contributed by atoms with van der Waals surface area (Å²) < 4.78 is 0. The van der Waals surface area contributed by atoms with Crippen LogP contribution in [-0.2, 0) is 0 Å². The Morgan fingerprint density at radius 2 is 2.00 bits per heavy atom. The van der Waals surface area contributed by atoms with Gasteiger partial charge in [-0.05, 0) is 6.07 Å². The van der Waals surface area contributed by atoms with Crippen molar-refractivity contribution in [2.24, 2.45) is 0 Å². The zero-order chi connectivity index (χ0) is 7.56. The SMILES string of the molecule is C#Cc1cc([SiH3])ccc1[SiH3]. The van der Waals surface area contributed by atoms with Gasteiger partial charge in [-0.25, -0.2) is 0 Å². The van der Waals surface area contributed by atoms with Crippen molar-refractivity contribution in [1.82, 2.24) is 0 Å². The number of benzene rings is 1. The van der Waals surface area contributed by atoms with Crippen LogP contribution in [0.4, 0.5) is 0 Å². The second-order valence-corrected chi connectivity index (χ2v) is 4.69. The van der Waals surface area contributed by atoms with Crippen LogP contribution < -0.4 is 10.4 Å². The summed E-state index contributed by atoms with van der Waals surface area (Å²) in [7, 11) is 2.15. The van der Waals surface area contributed by atoms with Crippen LogP contribution in [0.3, 0.4) is 0 Å². The van der Waals surface area contributed by atoms with Crippen LogP contribution in [0.25, 0.3) is 0 Å². The van der Waals surface area contributed by atoms with Crippen LogP contribution in [0.15, 0.2) is 18.2 Å². The quantitative estimate of drug-likeness (QED) is 0.296. The van der Waals surface area contributed by atoms with Gasteiger partial charge in [-0.2, -0.15) is 0 Å². The first kappa shape index (κ1) is 7.32. The molecule has 1 aromatic rings. The van der Waals surface area contributed by atoms with Gasteiger partial charge >= 0.3 is 0 Å². The minimum absolute atomic E-state index is 1.06. The van der Waals surface area contributed by atoms with E-state index in [-0.39, 0.29) is 0 Å². The molecule has 50 valence electrons. The Balaban J connectivity index is 3.25. The van der Waals surface area contributed by atoms with Gasteiger partial charge in [-0.1, -0.05) is 28.4 Å². The Bertz CT molecular complexity index is 284. The van der Waals surface area contributed by atoms with Gasteiger partial charge in [-0.15, -0.1) is 6.42 Å². The summed E-state index contributed by atoms with van der Waals surface area (Å²) in [6.07, 6.45) is 5.31. The molecule has 0 aliphatic carbocycles. The lowest BCUT2D eigenvalue weighted by Crippen LogP contribution is -2.13. The van der Waals surface area contributed by atoms with E-state index in [9.17, 15) is 0 Å². The standard InChI is InChI=1S/C8H10Si2/c1-2-6-5-7(9)3-4-8(6)10/h1,3-5H,9-10H3. The molecule has 0 heterocycles. The summed E-state index contributed by atoms with van der Waals surface area (Å²) >= 11 is 0. The maximum Gasteiger partial charge on any atom is 0.0401 e. The number of rotatable bonds is 0. The summed E-state index contributed by atoms with van der Waals surface area (Å²) in [6, 6.07) is 6.42. The van der Waals surface area contributed by atoms with Gasteiger partial charge in [0.05, 0.1) is 0 Å². The predicted octanol–water partition coefficient (Wildman–Crippen LogP) is -2.35. The Labute approximate surface area is 67.5 Å². The van der Waals surface area contributed by atoms with E-state index in [1.54, 1.807) is 0 Å². The average Bonchev–Trinajstić information content (AvgIpc) is 1.94. The Kier molecular flexibility index (Phi) is 2.10. The summed E-state index contributed by atoms with van der Waals surface area (Å²) in [5.41, 5.74) is 1.10. The first-order valence-corrected chi connectivity index (χ1v) is 5.28. The zero-order valence-corrected chi connectivity index (χ0v) is 10.3. The molecular weight excluding hydrogens is 152 g/mol. The van der Waals surface area contributed by atoms with Crippen LogP contribution in [0.5, 0.6) is 0 Å². The molecule has 0 aromatic heterocycles. The van der Waals surface area contributed by atoms with Crippen molar-refractivity contribution in [2.75, 3.05) is 0 Å². The molecule has 0 fully saturated rings. The molecule has 2 heteroatoms. The first-order chi connectivity index (χ1) is 4.74. The van der Waals surface area contributed by atoms with E-state index in [2.05, 4.69) is 24.1 Å². The van der Waals surface area contributed by atoms with Gasteiger partial charge in [0.25, 0.3) is 0 Å².